The molecule has 5 nitrogen and oxygen atoms in total. The van der Waals surface area contributed by atoms with Gasteiger partial charge in [-0.3, -0.25) is 4.79 Å². The maximum Gasteiger partial charge on any atom is 0.223 e. The van der Waals surface area contributed by atoms with Crippen LogP contribution in [-0.4, -0.2) is 33.4 Å². The fraction of sp³-hybridized carbons (Fsp3) is 0.333. The molecule has 1 aliphatic rings. The molecule has 0 saturated carbocycles. The first-order chi connectivity index (χ1) is 12.8. The van der Waals surface area contributed by atoms with Crippen LogP contribution in [-0.2, 0) is 11.2 Å². The van der Waals surface area contributed by atoms with Gasteiger partial charge in [0.05, 0.1) is 12.4 Å². The summed E-state index contributed by atoms with van der Waals surface area (Å²) in [5.41, 5.74) is 1.06. The Bertz CT molecular complexity index is 839. The highest BCUT2D eigenvalue weighted by Crippen LogP contribution is 2.24. The predicted octanol–water partition coefficient (Wildman–Crippen LogP) is 3.94. The monoisotopic (exact) mass is 349 g/mol. The minimum Gasteiger partial charge on any atom is -0.461 e. The standard InChI is InChI=1S/C21H23N3O2/c25-21(23-13-4-7-18(15-23)24-14-12-22-16-24)11-9-19-8-10-20(26-19)17-5-2-1-3-6-17/h1-3,5-6,8,10,12,14,16,18H,4,7,9,11,13,15H2. The fourth-order valence-corrected chi connectivity index (χ4v) is 3.57. The Morgan fingerprint density at radius 1 is 1.19 bits per heavy atom. The number of piperidine rings is 1. The molecule has 134 valence electrons. The van der Waals surface area contributed by atoms with Gasteiger partial charge in [0.2, 0.25) is 5.91 Å². The third-order valence-electron chi connectivity index (χ3n) is 5.00. The normalized spacial score (nSPS) is 17.4. The number of nitrogens with zero attached hydrogens (tertiary/aromatic N) is 3. The van der Waals surface area contributed by atoms with Crippen molar-refractivity contribution >= 4 is 5.91 Å². The van der Waals surface area contributed by atoms with E-state index in [-0.39, 0.29) is 5.91 Å². The molecule has 0 bridgehead atoms. The second-order valence-electron chi connectivity index (χ2n) is 6.78. The molecule has 1 saturated heterocycles. The molecule has 0 spiro atoms. The highest BCUT2D eigenvalue weighted by atomic mass is 16.3. The van der Waals surface area contributed by atoms with Crippen molar-refractivity contribution in [1.29, 1.82) is 0 Å². The van der Waals surface area contributed by atoms with Crippen molar-refractivity contribution in [2.45, 2.75) is 31.7 Å². The molecule has 1 atom stereocenters. The van der Waals surface area contributed by atoms with Gasteiger partial charge in [-0.1, -0.05) is 30.3 Å². The molecule has 0 N–H and O–H groups in total. The molecule has 1 fully saturated rings. The van der Waals surface area contributed by atoms with Crippen molar-refractivity contribution < 1.29 is 9.21 Å². The van der Waals surface area contributed by atoms with E-state index in [4.69, 9.17) is 4.42 Å². The summed E-state index contributed by atoms with van der Waals surface area (Å²) in [6, 6.07) is 14.3. The number of benzene rings is 1. The van der Waals surface area contributed by atoms with Crippen LogP contribution in [0.5, 0.6) is 0 Å². The van der Waals surface area contributed by atoms with Crippen LogP contribution in [0.15, 0.2) is 65.6 Å². The van der Waals surface area contributed by atoms with E-state index in [0.717, 1.165) is 43.0 Å². The lowest BCUT2D eigenvalue weighted by Crippen LogP contribution is -2.40. The summed E-state index contributed by atoms with van der Waals surface area (Å²) >= 11 is 0. The number of carbonyl (C=O) groups excluding carboxylic acids is 1. The van der Waals surface area contributed by atoms with Gasteiger partial charge in [0.15, 0.2) is 0 Å². The molecule has 4 rings (SSSR count). The van der Waals surface area contributed by atoms with Crippen molar-refractivity contribution in [1.82, 2.24) is 14.5 Å². The summed E-state index contributed by atoms with van der Waals surface area (Å²) in [6.07, 6.45) is 8.86. The lowest BCUT2D eigenvalue weighted by molar-refractivity contribution is -0.132. The van der Waals surface area contributed by atoms with Crippen LogP contribution in [0.25, 0.3) is 11.3 Å². The molecule has 1 unspecified atom stereocenters. The summed E-state index contributed by atoms with van der Waals surface area (Å²) in [7, 11) is 0. The summed E-state index contributed by atoms with van der Waals surface area (Å²) in [6.45, 7) is 1.61. The van der Waals surface area contributed by atoms with Crippen molar-refractivity contribution in [2.75, 3.05) is 13.1 Å². The van der Waals surface area contributed by atoms with Crippen LogP contribution in [0.3, 0.4) is 0 Å². The highest BCUT2D eigenvalue weighted by Gasteiger charge is 2.24. The second-order valence-corrected chi connectivity index (χ2v) is 6.78. The Morgan fingerprint density at radius 3 is 2.88 bits per heavy atom. The average Bonchev–Trinajstić information content (AvgIpc) is 3.39. The van der Waals surface area contributed by atoms with Gasteiger partial charge < -0.3 is 13.9 Å². The molecule has 1 amide bonds. The largest absolute Gasteiger partial charge is 0.461 e. The van der Waals surface area contributed by atoms with Gasteiger partial charge in [-0.15, -0.1) is 0 Å². The number of imidazole rings is 1. The quantitative estimate of drug-likeness (QED) is 0.701. The van der Waals surface area contributed by atoms with Gasteiger partial charge in [-0.2, -0.15) is 0 Å². The lowest BCUT2D eigenvalue weighted by atomic mass is 10.0. The van der Waals surface area contributed by atoms with Crippen LogP contribution in [0.2, 0.25) is 0 Å². The van der Waals surface area contributed by atoms with E-state index >= 15 is 0 Å². The van der Waals surface area contributed by atoms with Crippen LogP contribution in [0.1, 0.15) is 31.1 Å². The summed E-state index contributed by atoms with van der Waals surface area (Å²) in [4.78, 5) is 18.7. The number of likely N-dealkylation sites (tertiary alicyclic amines) is 1. The number of aryl methyl sites for hydroxylation is 1. The molecule has 1 aliphatic heterocycles. The molecule has 0 radical (unpaired) electrons. The molecule has 3 heterocycles. The molecule has 5 heteroatoms. The third-order valence-corrected chi connectivity index (χ3v) is 5.00. The van der Waals surface area contributed by atoms with Gasteiger partial charge in [0.25, 0.3) is 0 Å². The number of hydrogen-bond donors (Lipinski definition) is 0. The van der Waals surface area contributed by atoms with E-state index in [0.29, 0.717) is 18.9 Å². The van der Waals surface area contributed by atoms with E-state index in [1.54, 1.807) is 6.20 Å². The first-order valence-electron chi connectivity index (χ1n) is 9.19. The number of amides is 1. The third kappa shape index (κ3) is 3.72. The Balaban J connectivity index is 1.33. The molecular weight excluding hydrogens is 326 g/mol. The lowest BCUT2D eigenvalue weighted by Gasteiger charge is -2.33. The Morgan fingerprint density at radius 2 is 2.08 bits per heavy atom. The first kappa shape index (κ1) is 16.6. The Hall–Kier alpha value is -2.82. The van der Waals surface area contributed by atoms with Gasteiger partial charge in [0.1, 0.15) is 11.5 Å². The highest BCUT2D eigenvalue weighted by molar-refractivity contribution is 5.76. The second kappa shape index (κ2) is 7.60. The van der Waals surface area contributed by atoms with Crippen molar-refractivity contribution in [3.8, 4) is 11.3 Å². The van der Waals surface area contributed by atoms with Gasteiger partial charge in [-0.05, 0) is 25.0 Å². The Kier molecular flexibility index (Phi) is 4.86. The SMILES string of the molecule is O=C(CCc1ccc(-c2ccccc2)o1)N1CCCC(n2ccnc2)C1. The molecular formula is C21H23N3O2. The zero-order valence-corrected chi connectivity index (χ0v) is 14.8. The van der Waals surface area contributed by atoms with Crippen molar-refractivity contribution in [2.24, 2.45) is 0 Å². The van der Waals surface area contributed by atoms with E-state index < -0.39 is 0 Å². The summed E-state index contributed by atoms with van der Waals surface area (Å²) in [5.74, 6) is 1.92. The predicted molar refractivity (Wildman–Crippen MR) is 99.5 cm³/mol. The first-order valence-corrected chi connectivity index (χ1v) is 9.19. The van der Waals surface area contributed by atoms with Gasteiger partial charge in [-0.25, -0.2) is 4.98 Å². The Labute approximate surface area is 153 Å². The van der Waals surface area contributed by atoms with E-state index in [2.05, 4.69) is 9.55 Å². The van der Waals surface area contributed by atoms with Crippen LogP contribution in [0.4, 0.5) is 0 Å². The van der Waals surface area contributed by atoms with E-state index in [9.17, 15) is 4.79 Å². The van der Waals surface area contributed by atoms with Crippen LogP contribution in [0, 0.1) is 0 Å². The van der Waals surface area contributed by atoms with Gasteiger partial charge >= 0.3 is 0 Å². The molecule has 3 aromatic rings. The van der Waals surface area contributed by atoms with E-state index in [1.165, 1.54) is 0 Å². The number of rotatable bonds is 5. The van der Waals surface area contributed by atoms with Crippen molar-refractivity contribution in [3.63, 3.8) is 0 Å². The average molecular weight is 349 g/mol. The maximum atomic E-state index is 12.6. The number of hydrogen-bond acceptors (Lipinski definition) is 3. The smallest absolute Gasteiger partial charge is 0.223 e. The number of furan rings is 1. The zero-order valence-electron chi connectivity index (χ0n) is 14.8. The molecule has 2 aromatic heterocycles. The molecule has 1 aromatic carbocycles. The summed E-state index contributed by atoms with van der Waals surface area (Å²) in [5, 5.41) is 0. The minimum absolute atomic E-state index is 0.201. The minimum atomic E-state index is 0.201. The number of carbonyl (C=O) groups is 1. The topological polar surface area (TPSA) is 51.3 Å². The van der Waals surface area contributed by atoms with Crippen LogP contribution < -0.4 is 0 Å². The van der Waals surface area contributed by atoms with E-state index in [1.807, 2.05) is 59.9 Å². The molecule has 26 heavy (non-hydrogen) atoms. The fourth-order valence-electron chi connectivity index (χ4n) is 3.57. The van der Waals surface area contributed by atoms with Crippen LogP contribution >= 0.6 is 0 Å². The zero-order chi connectivity index (χ0) is 17.8. The summed E-state index contributed by atoms with van der Waals surface area (Å²) < 4.78 is 8.01. The van der Waals surface area contributed by atoms with Gasteiger partial charge in [0, 0.05) is 43.9 Å². The molecule has 0 aliphatic carbocycles. The maximum absolute atomic E-state index is 12.6. The number of aromatic nitrogens is 2. The van der Waals surface area contributed by atoms with Crippen molar-refractivity contribution in [3.05, 3.63) is 66.9 Å².